The standard InChI is InChI=1S/C5H4Cl4O3/c1-2(10)4(6,7)5(8,9)3(11)12/h1H3,(H,11,12). The summed E-state index contributed by atoms with van der Waals surface area (Å²) in [5.41, 5.74) is 0. The molecule has 0 unspecified atom stereocenters. The molecule has 0 heterocycles. The quantitative estimate of drug-likeness (QED) is 0.783. The summed E-state index contributed by atoms with van der Waals surface area (Å²) >= 11 is 21.1. The van der Waals surface area contributed by atoms with Gasteiger partial charge in [0.2, 0.25) is 4.33 Å². The van der Waals surface area contributed by atoms with Crippen LogP contribution in [0, 0.1) is 0 Å². The second-order valence-corrected chi connectivity index (χ2v) is 4.66. The maximum atomic E-state index is 10.7. The van der Waals surface area contributed by atoms with Crippen molar-refractivity contribution >= 4 is 58.2 Å². The van der Waals surface area contributed by atoms with E-state index >= 15 is 0 Å². The average molecular weight is 254 g/mol. The Hall–Kier alpha value is 0.300. The van der Waals surface area contributed by atoms with Crippen LogP contribution in [0.3, 0.4) is 0 Å². The van der Waals surface area contributed by atoms with Gasteiger partial charge in [0.25, 0.3) is 4.33 Å². The Kier molecular flexibility index (Phi) is 3.67. The zero-order chi connectivity index (χ0) is 10.2. The van der Waals surface area contributed by atoms with Crippen molar-refractivity contribution in [2.24, 2.45) is 0 Å². The summed E-state index contributed by atoms with van der Waals surface area (Å²) in [6.45, 7) is 0.989. The predicted octanol–water partition coefficient (Wildman–Crippen LogP) is 2.01. The van der Waals surface area contributed by atoms with Crippen molar-refractivity contribution in [1.29, 1.82) is 0 Å². The molecule has 0 radical (unpaired) electrons. The molecular formula is C5H4Cl4O3. The summed E-state index contributed by atoms with van der Waals surface area (Å²) in [5.74, 6) is -2.51. The van der Waals surface area contributed by atoms with Crippen LogP contribution < -0.4 is 0 Å². The first-order valence-electron chi connectivity index (χ1n) is 2.64. The first kappa shape index (κ1) is 12.3. The first-order chi connectivity index (χ1) is 5.14. The normalized spacial score (nSPS) is 12.8. The van der Waals surface area contributed by atoms with Crippen LogP contribution in [0.15, 0.2) is 0 Å². The van der Waals surface area contributed by atoms with Crippen LogP contribution in [0.1, 0.15) is 6.92 Å². The highest BCUT2D eigenvalue weighted by Crippen LogP contribution is 2.43. The van der Waals surface area contributed by atoms with Crippen LogP contribution in [-0.2, 0) is 9.59 Å². The molecule has 0 bridgehead atoms. The SMILES string of the molecule is CC(=O)C(Cl)(Cl)C(Cl)(Cl)C(=O)O. The van der Waals surface area contributed by atoms with Gasteiger partial charge in [-0.25, -0.2) is 4.79 Å². The highest BCUT2D eigenvalue weighted by Gasteiger charge is 2.56. The monoisotopic (exact) mass is 252 g/mol. The molecule has 70 valence electrons. The van der Waals surface area contributed by atoms with E-state index in [0.29, 0.717) is 0 Å². The van der Waals surface area contributed by atoms with E-state index in [1.807, 2.05) is 0 Å². The lowest BCUT2D eigenvalue weighted by Crippen LogP contribution is -2.48. The van der Waals surface area contributed by atoms with Crippen molar-refractivity contribution in [2.45, 2.75) is 15.6 Å². The highest BCUT2D eigenvalue weighted by molar-refractivity contribution is 6.73. The van der Waals surface area contributed by atoms with Crippen molar-refractivity contribution in [2.75, 3.05) is 0 Å². The number of halogens is 4. The molecule has 0 rings (SSSR count). The minimum absolute atomic E-state index is 0.835. The van der Waals surface area contributed by atoms with E-state index in [0.717, 1.165) is 6.92 Å². The number of hydrogen-bond donors (Lipinski definition) is 1. The Labute approximate surface area is 88.5 Å². The molecule has 0 aliphatic carbocycles. The van der Waals surface area contributed by atoms with Crippen LogP contribution in [0.2, 0.25) is 0 Å². The average Bonchev–Trinajstić information content (AvgIpc) is 1.86. The van der Waals surface area contributed by atoms with Crippen molar-refractivity contribution in [3.8, 4) is 0 Å². The summed E-state index contributed by atoms with van der Waals surface area (Å²) in [5, 5.41) is 8.44. The third kappa shape index (κ3) is 1.96. The Bertz CT molecular complexity index is 199. The van der Waals surface area contributed by atoms with Gasteiger partial charge in [0.1, 0.15) is 0 Å². The van der Waals surface area contributed by atoms with Crippen molar-refractivity contribution in [3.05, 3.63) is 0 Å². The molecule has 12 heavy (non-hydrogen) atoms. The lowest BCUT2D eigenvalue weighted by Gasteiger charge is -2.25. The summed E-state index contributed by atoms with van der Waals surface area (Å²) in [6, 6.07) is 0. The zero-order valence-electron chi connectivity index (χ0n) is 5.78. The molecule has 0 aromatic rings. The van der Waals surface area contributed by atoms with Crippen LogP contribution in [0.25, 0.3) is 0 Å². The largest absolute Gasteiger partial charge is 0.479 e. The molecule has 1 N–H and O–H groups in total. The molecule has 3 nitrogen and oxygen atoms in total. The molecule has 0 aromatic heterocycles. The van der Waals surface area contributed by atoms with Gasteiger partial charge in [0, 0.05) is 0 Å². The van der Waals surface area contributed by atoms with E-state index < -0.39 is 20.4 Å². The Morgan fingerprint density at radius 2 is 1.42 bits per heavy atom. The lowest BCUT2D eigenvalue weighted by molar-refractivity contribution is -0.139. The molecule has 0 aromatic carbocycles. The summed E-state index contributed by atoms with van der Waals surface area (Å²) in [7, 11) is 0. The summed E-state index contributed by atoms with van der Waals surface area (Å²) in [4.78, 5) is 21.1. The third-order valence-electron chi connectivity index (χ3n) is 1.11. The second kappa shape index (κ2) is 3.58. The molecule has 0 amide bonds. The molecule has 0 atom stereocenters. The Morgan fingerprint density at radius 1 is 1.08 bits per heavy atom. The second-order valence-electron chi connectivity index (χ2n) is 2.01. The van der Waals surface area contributed by atoms with E-state index in [1.165, 1.54) is 0 Å². The maximum absolute atomic E-state index is 10.7. The minimum Gasteiger partial charge on any atom is -0.479 e. The van der Waals surface area contributed by atoms with Gasteiger partial charge >= 0.3 is 5.97 Å². The van der Waals surface area contributed by atoms with Gasteiger partial charge in [-0.1, -0.05) is 46.4 Å². The molecule has 0 aliphatic heterocycles. The van der Waals surface area contributed by atoms with Gasteiger partial charge in [-0.15, -0.1) is 0 Å². The van der Waals surface area contributed by atoms with Gasteiger partial charge in [0.05, 0.1) is 0 Å². The number of ketones is 1. The van der Waals surface area contributed by atoms with Crippen molar-refractivity contribution in [1.82, 2.24) is 0 Å². The fraction of sp³-hybridized carbons (Fsp3) is 0.600. The smallest absolute Gasteiger partial charge is 0.343 e. The molecular weight excluding hydrogens is 250 g/mol. The molecule has 0 saturated carbocycles. The molecule has 0 saturated heterocycles. The number of hydrogen-bond acceptors (Lipinski definition) is 2. The Balaban J connectivity index is 5.01. The molecule has 0 aliphatic rings. The molecule has 0 spiro atoms. The number of carbonyl (C=O) groups excluding carboxylic acids is 1. The number of rotatable bonds is 3. The highest BCUT2D eigenvalue weighted by atomic mass is 35.5. The third-order valence-corrected chi connectivity index (χ3v) is 3.48. The predicted molar refractivity (Wildman–Crippen MR) is 47.2 cm³/mol. The minimum atomic E-state index is -2.54. The van der Waals surface area contributed by atoms with Gasteiger partial charge in [-0.05, 0) is 6.92 Å². The van der Waals surface area contributed by atoms with Gasteiger partial charge in [0.15, 0.2) is 5.78 Å². The number of carboxylic acids is 1. The lowest BCUT2D eigenvalue weighted by atomic mass is 10.2. The summed E-state index contributed by atoms with van der Waals surface area (Å²) < 4.78 is -4.89. The van der Waals surface area contributed by atoms with Crippen molar-refractivity contribution in [3.63, 3.8) is 0 Å². The fourth-order valence-electron chi connectivity index (χ4n) is 0.355. The van der Waals surface area contributed by atoms with Gasteiger partial charge < -0.3 is 5.11 Å². The topological polar surface area (TPSA) is 54.4 Å². The van der Waals surface area contributed by atoms with Crippen LogP contribution in [-0.4, -0.2) is 25.5 Å². The van der Waals surface area contributed by atoms with E-state index in [4.69, 9.17) is 51.5 Å². The van der Waals surface area contributed by atoms with Gasteiger partial charge in [-0.3, -0.25) is 4.79 Å². The van der Waals surface area contributed by atoms with Crippen LogP contribution >= 0.6 is 46.4 Å². The van der Waals surface area contributed by atoms with Gasteiger partial charge in [-0.2, -0.15) is 0 Å². The number of aliphatic carboxylic acids is 1. The maximum Gasteiger partial charge on any atom is 0.343 e. The van der Waals surface area contributed by atoms with E-state index in [1.54, 1.807) is 0 Å². The van der Waals surface area contributed by atoms with E-state index in [2.05, 4.69) is 0 Å². The van der Waals surface area contributed by atoms with Crippen molar-refractivity contribution < 1.29 is 14.7 Å². The summed E-state index contributed by atoms with van der Waals surface area (Å²) in [6.07, 6.45) is 0. The fourth-order valence-corrected chi connectivity index (χ4v) is 0.783. The molecule has 0 fully saturated rings. The first-order valence-corrected chi connectivity index (χ1v) is 4.15. The number of Topliss-reactive ketones (excluding diaryl/α,β-unsaturated/α-hetero) is 1. The Morgan fingerprint density at radius 3 is 1.50 bits per heavy atom. The number of alkyl halides is 4. The molecule has 7 heteroatoms. The van der Waals surface area contributed by atoms with Crippen LogP contribution in [0.5, 0.6) is 0 Å². The zero-order valence-corrected chi connectivity index (χ0v) is 8.80. The number of carboxylic acid groups (broad SMARTS) is 1. The number of carbonyl (C=O) groups is 2. The van der Waals surface area contributed by atoms with E-state index in [-0.39, 0.29) is 0 Å². The van der Waals surface area contributed by atoms with E-state index in [9.17, 15) is 9.59 Å². The van der Waals surface area contributed by atoms with Crippen LogP contribution in [0.4, 0.5) is 0 Å².